The number of carboxylic acid groups (broad SMARTS) is 1. The third kappa shape index (κ3) is 1.58. The summed E-state index contributed by atoms with van der Waals surface area (Å²) in [7, 11) is 0. The molecular weight excluding hydrogens is 252 g/mol. The number of halogens is 1. The van der Waals surface area contributed by atoms with E-state index in [1.165, 1.54) is 4.52 Å². The van der Waals surface area contributed by atoms with E-state index in [2.05, 4.69) is 31.2 Å². The molecule has 2 aromatic rings. The number of carbonyl (C=O) groups is 1. The van der Waals surface area contributed by atoms with E-state index in [0.717, 1.165) is 0 Å². The fourth-order valence-electron chi connectivity index (χ4n) is 1.06. The highest BCUT2D eigenvalue weighted by molar-refractivity contribution is 9.10. The summed E-state index contributed by atoms with van der Waals surface area (Å²) in [6, 6.07) is 3.42. The van der Waals surface area contributed by atoms with Crippen LogP contribution in [-0.4, -0.2) is 30.9 Å². The SMILES string of the molecule is O=C(O)Cc1nnc2ccc(Br)nn12. The number of aliphatic carboxylic acids is 1. The molecule has 1 N–H and O–H groups in total. The minimum atomic E-state index is -0.957. The van der Waals surface area contributed by atoms with E-state index in [-0.39, 0.29) is 6.42 Å². The topological polar surface area (TPSA) is 80.4 Å². The summed E-state index contributed by atoms with van der Waals surface area (Å²) in [5.74, 6) is -0.644. The maximum Gasteiger partial charge on any atom is 0.311 e. The average molecular weight is 257 g/mol. The number of fused-ring (bicyclic) bond motifs is 1. The van der Waals surface area contributed by atoms with Gasteiger partial charge in [-0.25, -0.2) is 0 Å². The van der Waals surface area contributed by atoms with Crippen LogP contribution in [0.2, 0.25) is 0 Å². The lowest BCUT2D eigenvalue weighted by atomic mass is 10.4. The van der Waals surface area contributed by atoms with Gasteiger partial charge in [-0.05, 0) is 28.1 Å². The Morgan fingerprint density at radius 2 is 2.29 bits per heavy atom. The Balaban J connectivity index is 2.55. The molecule has 0 bridgehead atoms. The standard InChI is InChI=1S/C7H5BrN4O2/c8-4-1-2-5-9-10-6(3-7(13)14)12(5)11-4/h1-2H,3H2,(H,13,14). The van der Waals surface area contributed by atoms with Crippen molar-refractivity contribution < 1.29 is 9.90 Å². The molecule has 0 saturated carbocycles. The van der Waals surface area contributed by atoms with E-state index in [0.29, 0.717) is 16.1 Å². The molecule has 0 unspecified atom stereocenters. The van der Waals surface area contributed by atoms with Gasteiger partial charge in [0.05, 0.1) is 0 Å². The number of aromatic nitrogens is 4. The van der Waals surface area contributed by atoms with Gasteiger partial charge in [-0.1, -0.05) is 0 Å². The maximum absolute atomic E-state index is 10.5. The zero-order chi connectivity index (χ0) is 10.1. The van der Waals surface area contributed by atoms with Crippen LogP contribution in [0.3, 0.4) is 0 Å². The molecule has 2 aromatic heterocycles. The number of hydrogen-bond acceptors (Lipinski definition) is 4. The number of nitrogens with zero attached hydrogens (tertiary/aromatic N) is 4. The van der Waals surface area contributed by atoms with Crippen LogP contribution < -0.4 is 0 Å². The second-order valence-corrected chi connectivity index (χ2v) is 3.43. The molecule has 0 radical (unpaired) electrons. The van der Waals surface area contributed by atoms with Crippen molar-refractivity contribution in [2.45, 2.75) is 6.42 Å². The molecule has 0 aromatic carbocycles. The molecule has 2 rings (SSSR count). The van der Waals surface area contributed by atoms with Gasteiger partial charge in [0.1, 0.15) is 11.0 Å². The first-order chi connectivity index (χ1) is 6.66. The van der Waals surface area contributed by atoms with Gasteiger partial charge in [-0.3, -0.25) is 4.79 Å². The Morgan fingerprint density at radius 3 is 3.00 bits per heavy atom. The first-order valence-corrected chi connectivity index (χ1v) is 4.55. The zero-order valence-electron chi connectivity index (χ0n) is 6.88. The van der Waals surface area contributed by atoms with Crippen molar-refractivity contribution in [2.24, 2.45) is 0 Å². The molecule has 0 amide bonds. The van der Waals surface area contributed by atoms with Crippen LogP contribution in [-0.2, 0) is 11.2 Å². The lowest BCUT2D eigenvalue weighted by Crippen LogP contribution is -2.06. The van der Waals surface area contributed by atoms with Crippen molar-refractivity contribution in [3.8, 4) is 0 Å². The van der Waals surface area contributed by atoms with Crippen molar-refractivity contribution in [1.29, 1.82) is 0 Å². The predicted molar refractivity (Wildman–Crippen MR) is 49.8 cm³/mol. The maximum atomic E-state index is 10.5. The fourth-order valence-corrected chi connectivity index (χ4v) is 1.35. The van der Waals surface area contributed by atoms with Crippen LogP contribution in [0.25, 0.3) is 5.65 Å². The van der Waals surface area contributed by atoms with Crippen molar-refractivity contribution >= 4 is 27.5 Å². The Hall–Kier alpha value is -1.50. The molecular formula is C7H5BrN4O2. The number of rotatable bonds is 2. The van der Waals surface area contributed by atoms with E-state index in [1.54, 1.807) is 12.1 Å². The van der Waals surface area contributed by atoms with E-state index in [9.17, 15) is 4.79 Å². The van der Waals surface area contributed by atoms with Gasteiger partial charge in [-0.15, -0.1) is 10.2 Å². The highest BCUT2D eigenvalue weighted by Crippen LogP contribution is 2.08. The Labute approximate surface area is 86.7 Å². The molecule has 2 heterocycles. The Bertz CT molecular complexity index is 495. The summed E-state index contributed by atoms with van der Waals surface area (Å²) in [6.07, 6.45) is -0.190. The molecule has 0 aliphatic rings. The summed E-state index contributed by atoms with van der Waals surface area (Å²) < 4.78 is 2.01. The minimum Gasteiger partial charge on any atom is -0.481 e. The summed E-state index contributed by atoms with van der Waals surface area (Å²) in [5, 5.41) is 20.1. The van der Waals surface area contributed by atoms with Gasteiger partial charge in [0.2, 0.25) is 0 Å². The van der Waals surface area contributed by atoms with Crippen LogP contribution >= 0.6 is 15.9 Å². The molecule has 7 heteroatoms. The molecule has 6 nitrogen and oxygen atoms in total. The largest absolute Gasteiger partial charge is 0.481 e. The van der Waals surface area contributed by atoms with Gasteiger partial charge < -0.3 is 5.11 Å². The summed E-state index contributed by atoms with van der Waals surface area (Å²) in [6.45, 7) is 0. The highest BCUT2D eigenvalue weighted by Gasteiger charge is 2.10. The first kappa shape index (κ1) is 9.07. The predicted octanol–water partition coefficient (Wildman–Crippen LogP) is 0.514. The molecule has 72 valence electrons. The molecule has 0 fully saturated rings. The summed E-state index contributed by atoms with van der Waals surface area (Å²) in [5.41, 5.74) is 0.532. The van der Waals surface area contributed by atoms with Gasteiger partial charge in [0.25, 0.3) is 0 Å². The first-order valence-electron chi connectivity index (χ1n) is 3.75. The zero-order valence-corrected chi connectivity index (χ0v) is 8.47. The van der Waals surface area contributed by atoms with Crippen molar-refractivity contribution in [3.05, 3.63) is 22.6 Å². The molecule has 0 spiro atoms. The monoisotopic (exact) mass is 256 g/mol. The minimum absolute atomic E-state index is 0.190. The molecule has 14 heavy (non-hydrogen) atoms. The lowest BCUT2D eigenvalue weighted by Gasteiger charge is -1.95. The fraction of sp³-hybridized carbons (Fsp3) is 0.143. The Morgan fingerprint density at radius 1 is 1.50 bits per heavy atom. The van der Waals surface area contributed by atoms with Crippen LogP contribution in [0.5, 0.6) is 0 Å². The average Bonchev–Trinajstić information content (AvgIpc) is 2.47. The Kier molecular flexibility index (Phi) is 2.16. The van der Waals surface area contributed by atoms with Crippen molar-refractivity contribution in [3.63, 3.8) is 0 Å². The van der Waals surface area contributed by atoms with Crippen molar-refractivity contribution in [2.75, 3.05) is 0 Å². The van der Waals surface area contributed by atoms with E-state index < -0.39 is 5.97 Å². The lowest BCUT2D eigenvalue weighted by molar-refractivity contribution is -0.136. The quantitative estimate of drug-likeness (QED) is 0.847. The number of carboxylic acids is 1. The van der Waals surface area contributed by atoms with Gasteiger partial charge in [-0.2, -0.15) is 9.61 Å². The molecule has 0 atom stereocenters. The highest BCUT2D eigenvalue weighted by atomic mass is 79.9. The summed E-state index contributed by atoms with van der Waals surface area (Å²) in [4.78, 5) is 10.5. The number of hydrogen-bond donors (Lipinski definition) is 1. The molecule has 0 aliphatic heterocycles. The van der Waals surface area contributed by atoms with Gasteiger partial charge in [0.15, 0.2) is 11.5 Å². The van der Waals surface area contributed by atoms with Crippen LogP contribution in [0.4, 0.5) is 0 Å². The van der Waals surface area contributed by atoms with Crippen molar-refractivity contribution in [1.82, 2.24) is 19.8 Å². The van der Waals surface area contributed by atoms with Crippen LogP contribution in [0.15, 0.2) is 16.7 Å². The van der Waals surface area contributed by atoms with E-state index in [4.69, 9.17) is 5.11 Å². The smallest absolute Gasteiger partial charge is 0.311 e. The second-order valence-electron chi connectivity index (χ2n) is 2.61. The normalized spacial score (nSPS) is 10.6. The van der Waals surface area contributed by atoms with Crippen LogP contribution in [0, 0.1) is 0 Å². The molecule has 0 aliphatic carbocycles. The van der Waals surface area contributed by atoms with E-state index >= 15 is 0 Å². The van der Waals surface area contributed by atoms with Gasteiger partial charge in [0, 0.05) is 0 Å². The third-order valence-corrected chi connectivity index (χ3v) is 2.03. The second kappa shape index (κ2) is 3.33. The van der Waals surface area contributed by atoms with Gasteiger partial charge >= 0.3 is 5.97 Å². The van der Waals surface area contributed by atoms with E-state index in [1.807, 2.05) is 0 Å². The summed E-state index contributed by atoms with van der Waals surface area (Å²) >= 11 is 3.18. The van der Waals surface area contributed by atoms with Crippen LogP contribution in [0.1, 0.15) is 5.82 Å². The molecule has 0 saturated heterocycles. The third-order valence-electron chi connectivity index (χ3n) is 1.60.